The summed E-state index contributed by atoms with van der Waals surface area (Å²) in [6, 6.07) is 12.8. The van der Waals surface area contributed by atoms with Crippen molar-refractivity contribution in [3.05, 3.63) is 65.0 Å². The Balaban J connectivity index is 1.31. The second-order valence-electron chi connectivity index (χ2n) is 7.98. The number of nitrogens with zero attached hydrogens (tertiary/aromatic N) is 1. The maximum absolute atomic E-state index is 14.0. The van der Waals surface area contributed by atoms with E-state index < -0.39 is 5.82 Å². The van der Waals surface area contributed by atoms with Crippen molar-refractivity contribution < 1.29 is 14.0 Å². The number of nitrogens with one attached hydrogen (secondary N) is 2. The summed E-state index contributed by atoms with van der Waals surface area (Å²) in [4.78, 5) is 27.3. The fraction of sp³-hybridized carbons (Fsp3) is 0.391. The van der Waals surface area contributed by atoms with Crippen LogP contribution in [0.5, 0.6) is 0 Å². The zero-order valence-corrected chi connectivity index (χ0v) is 16.6. The molecule has 2 aliphatic heterocycles. The molecule has 5 nitrogen and oxygen atoms in total. The first kappa shape index (κ1) is 19.6. The third-order valence-corrected chi connectivity index (χ3v) is 5.94. The minimum absolute atomic E-state index is 0.0999. The third kappa shape index (κ3) is 4.32. The van der Waals surface area contributed by atoms with Crippen LogP contribution in [0.15, 0.2) is 42.5 Å². The Morgan fingerprint density at radius 1 is 1.10 bits per heavy atom. The summed E-state index contributed by atoms with van der Waals surface area (Å²) >= 11 is 0. The van der Waals surface area contributed by atoms with Crippen molar-refractivity contribution in [1.82, 2.24) is 10.2 Å². The van der Waals surface area contributed by atoms with Crippen LogP contribution < -0.4 is 10.6 Å². The van der Waals surface area contributed by atoms with Gasteiger partial charge in [-0.3, -0.25) is 9.59 Å². The van der Waals surface area contributed by atoms with Gasteiger partial charge in [0.1, 0.15) is 5.82 Å². The van der Waals surface area contributed by atoms with Crippen LogP contribution in [0, 0.1) is 18.7 Å². The molecule has 1 saturated heterocycles. The van der Waals surface area contributed by atoms with Crippen molar-refractivity contribution in [2.75, 3.05) is 18.4 Å². The summed E-state index contributed by atoms with van der Waals surface area (Å²) in [7, 11) is 0. The zero-order valence-electron chi connectivity index (χ0n) is 16.6. The van der Waals surface area contributed by atoms with Crippen LogP contribution in [0.4, 0.5) is 10.1 Å². The Hall–Kier alpha value is -2.73. The molecule has 1 unspecified atom stereocenters. The Labute approximate surface area is 170 Å². The predicted molar refractivity (Wildman–Crippen MR) is 110 cm³/mol. The molecule has 1 fully saturated rings. The van der Waals surface area contributed by atoms with Gasteiger partial charge in [-0.2, -0.15) is 0 Å². The Morgan fingerprint density at radius 2 is 1.83 bits per heavy atom. The summed E-state index contributed by atoms with van der Waals surface area (Å²) in [5.74, 6) is -0.707. The quantitative estimate of drug-likeness (QED) is 0.840. The molecule has 2 aromatic rings. The van der Waals surface area contributed by atoms with Crippen molar-refractivity contribution in [2.24, 2.45) is 5.92 Å². The van der Waals surface area contributed by atoms with E-state index in [0.29, 0.717) is 38.9 Å². The highest BCUT2D eigenvalue weighted by atomic mass is 19.1. The summed E-state index contributed by atoms with van der Waals surface area (Å²) in [5, 5.41) is 6.03. The van der Waals surface area contributed by atoms with E-state index in [4.69, 9.17) is 0 Å². The lowest BCUT2D eigenvalue weighted by Crippen LogP contribution is -2.52. The lowest BCUT2D eigenvalue weighted by molar-refractivity contribution is -0.136. The molecule has 6 heteroatoms. The first-order valence-corrected chi connectivity index (χ1v) is 10.2. The smallest absolute Gasteiger partial charge is 0.240 e. The first-order chi connectivity index (χ1) is 14.0. The number of likely N-dealkylation sites (tertiary alicyclic amines) is 1. The molecule has 2 amide bonds. The Kier molecular flexibility index (Phi) is 5.62. The Morgan fingerprint density at radius 3 is 2.55 bits per heavy atom. The highest BCUT2D eigenvalue weighted by molar-refractivity contribution is 5.93. The number of carbonyl (C=O) groups excluding carboxylic acids is 2. The number of piperidine rings is 1. The second-order valence-corrected chi connectivity index (χ2v) is 7.98. The van der Waals surface area contributed by atoms with E-state index in [9.17, 15) is 14.0 Å². The van der Waals surface area contributed by atoms with E-state index in [1.807, 2.05) is 17.0 Å². The maximum atomic E-state index is 14.0. The molecule has 0 saturated carbocycles. The molecule has 2 aliphatic rings. The van der Waals surface area contributed by atoms with Gasteiger partial charge in [0, 0.05) is 25.6 Å². The summed E-state index contributed by atoms with van der Waals surface area (Å²) < 4.78 is 14.0. The van der Waals surface area contributed by atoms with Gasteiger partial charge in [0.15, 0.2) is 0 Å². The molecule has 152 valence electrons. The lowest BCUT2D eigenvalue weighted by Gasteiger charge is -2.35. The van der Waals surface area contributed by atoms with E-state index in [1.54, 1.807) is 19.1 Å². The standard InChI is InChI=1S/C23H26FN3O2/c1-15-6-7-20(19(24)12-15)26-22(28)16-8-10-27(11-9-16)23(29)21-13-17-4-2-3-5-18(17)14-25-21/h2-7,12,16,21,25H,8-11,13-14H2,1H3,(H,26,28). The van der Waals surface area contributed by atoms with Crippen molar-refractivity contribution in [1.29, 1.82) is 0 Å². The minimum atomic E-state index is -0.422. The zero-order chi connectivity index (χ0) is 20.4. The van der Waals surface area contributed by atoms with Gasteiger partial charge < -0.3 is 15.5 Å². The van der Waals surface area contributed by atoms with Crippen LogP contribution in [-0.2, 0) is 22.6 Å². The number of rotatable bonds is 3. The van der Waals surface area contributed by atoms with Crippen LogP contribution in [0.25, 0.3) is 0 Å². The van der Waals surface area contributed by atoms with Crippen LogP contribution in [0.3, 0.4) is 0 Å². The van der Waals surface area contributed by atoms with Crippen LogP contribution in [0.1, 0.15) is 29.5 Å². The largest absolute Gasteiger partial charge is 0.341 e. The molecule has 1 atom stereocenters. The summed E-state index contributed by atoms with van der Waals surface area (Å²) in [6.45, 7) is 3.61. The van der Waals surface area contributed by atoms with E-state index >= 15 is 0 Å². The molecule has 0 spiro atoms. The number of carbonyl (C=O) groups is 2. The first-order valence-electron chi connectivity index (χ1n) is 10.2. The van der Waals surface area contributed by atoms with Crippen LogP contribution in [0.2, 0.25) is 0 Å². The number of amides is 2. The van der Waals surface area contributed by atoms with Crippen LogP contribution in [-0.4, -0.2) is 35.8 Å². The number of halogens is 1. The van der Waals surface area contributed by atoms with Crippen LogP contribution >= 0.6 is 0 Å². The van der Waals surface area contributed by atoms with Gasteiger partial charge >= 0.3 is 0 Å². The molecular weight excluding hydrogens is 369 g/mol. The van der Waals surface area contributed by atoms with E-state index in [1.165, 1.54) is 17.2 Å². The number of aryl methyl sites for hydroxylation is 1. The fourth-order valence-corrected chi connectivity index (χ4v) is 4.17. The summed E-state index contributed by atoms with van der Waals surface area (Å²) in [6.07, 6.45) is 1.88. The molecule has 0 aromatic heterocycles. The molecule has 0 aliphatic carbocycles. The van der Waals surface area contributed by atoms with Gasteiger partial charge in [-0.25, -0.2) is 4.39 Å². The molecule has 2 aromatic carbocycles. The highest BCUT2D eigenvalue weighted by Crippen LogP contribution is 2.23. The summed E-state index contributed by atoms with van der Waals surface area (Å²) in [5.41, 5.74) is 3.49. The van der Waals surface area contributed by atoms with Gasteiger partial charge in [-0.1, -0.05) is 30.3 Å². The predicted octanol–water partition coefficient (Wildman–Crippen LogP) is 3.03. The van der Waals surface area contributed by atoms with Gasteiger partial charge in [0.2, 0.25) is 11.8 Å². The topological polar surface area (TPSA) is 61.4 Å². The molecule has 0 bridgehead atoms. The van der Waals surface area contributed by atoms with E-state index in [0.717, 1.165) is 5.56 Å². The second kappa shape index (κ2) is 8.33. The molecule has 29 heavy (non-hydrogen) atoms. The van der Waals surface area contributed by atoms with Gasteiger partial charge in [-0.05, 0) is 55.0 Å². The normalized spacial score (nSPS) is 19.5. The maximum Gasteiger partial charge on any atom is 0.240 e. The molecule has 4 rings (SSSR count). The third-order valence-electron chi connectivity index (χ3n) is 5.94. The number of hydrogen-bond acceptors (Lipinski definition) is 3. The SMILES string of the molecule is Cc1ccc(NC(=O)C2CCN(C(=O)C3Cc4ccccc4CN3)CC2)c(F)c1. The highest BCUT2D eigenvalue weighted by Gasteiger charge is 2.32. The number of benzene rings is 2. The van der Waals surface area contributed by atoms with Crippen molar-refractivity contribution in [3.8, 4) is 0 Å². The van der Waals surface area contributed by atoms with E-state index in [2.05, 4.69) is 22.8 Å². The lowest BCUT2D eigenvalue weighted by atomic mass is 9.92. The molecule has 2 N–H and O–H groups in total. The average Bonchev–Trinajstić information content (AvgIpc) is 2.75. The number of hydrogen-bond donors (Lipinski definition) is 2. The van der Waals surface area contributed by atoms with E-state index in [-0.39, 0.29) is 29.5 Å². The number of anilines is 1. The van der Waals surface area contributed by atoms with Gasteiger partial charge in [-0.15, -0.1) is 0 Å². The van der Waals surface area contributed by atoms with Crippen molar-refractivity contribution in [3.63, 3.8) is 0 Å². The van der Waals surface area contributed by atoms with Gasteiger partial charge in [0.05, 0.1) is 11.7 Å². The average molecular weight is 395 g/mol. The van der Waals surface area contributed by atoms with Crippen molar-refractivity contribution >= 4 is 17.5 Å². The fourth-order valence-electron chi connectivity index (χ4n) is 4.17. The number of fused-ring (bicyclic) bond motifs is 1. The molecule has 0 radical (unpaired) electrons. The van der Waals surface area contributed by atoms with Crippen molar-refractivity contribution in [2.45, 2.75) is 38.8 Å². The monoisotopic (exact) mass is 395 g/mol. The van der Waals surface area contributed by atoms with Gasteiger partial charge in [0.25, 0.3) is 0 Å². The Bertz CT molecular complexity index is 922. The molecule has 2 heterocycles. The molecular formula is C23H26FN3O2. The minimum Gasteiger partial charge on any atom is -0.341 e.